The number of fused-ring (bicyclic) bond motifs is 3. The van der Waals surface area contributed by atoms with Crippen LogP contribution in [0.25, 0.3) is 22.8 Å². The Hall–Kier alpha value is -3.46. The third-order valence-electron chi connectivity index (χ3n) is 6.43. The Morgan fingerprint density at radius 3 is 1.79 bits per heavy atom. The summed E-state index contributed by atoms with van der Waals surface area (Å²) in [5.74, 6) is 0.958. The van der Waals surface area contributed by atoms with Crippen LogP contribution in [0.15, 0.2) is 60.7 Å². The quantitative estimate of drug-likeness (QED) is 0.181. The molecule has 0 unspecified atom stereocenters. The SMILES string of the molecule is CCCCCCCOc1ccc(C=C2c3cc(C(C)=O)ccc3-c3ccc(C(C)=O)cc32)cc1. The Kier molecular flexibility index (Phi) is 7.42. The largest absolute Gasteiger partial charge is 0.494 e. The van der Waals surface area contributed by atoms with E-state index in [9.17, 15) is 9.59 Å². The van der Waals surface area contributed by atoms with Crippen molar-refractivity contribution >= 4 is 23.2 Å². The van der Waals surface area contributed by atoms with E-state index in [-0.39, 0.29) is 11.6 Å². The first-order valence-electron chi connectivity index (χ1n) is 12.2. The fourth-order valence-corrected chi connectivity index (χ4v) is 4.47. The molecule has 0 heterocycles. The van der Waals surface area contributed by atoms with E-state index in [0.29, 0.717) is 11.1 Å². The maximum atomic E-state index is 12.0. The molecule has 0 saturated carbocycles. The molecular weight excluding hydrogens is 420 g/mol. The molecule has 3 nitrogen and oxygen atoms in total. The van der Waals surface area contributed by atoms with Crippen LogP contribution < -0.4 is 4.74 Å². The van der Waals surface area contributed by atoms with Crippen molar-refractivity contribution in [1.29, 1.82) is 0 Å². The van der Waals surface area contributed by atoms with Crippen LogP contribution in [0.4, 0.5) is 0 Å². The monoisotopic (exact) mass is 452 g/mol. The van der Waals surface area contributed by atoms with Gasteiger partial charge in [-0.15, -0.1) is 0 Å². The number of ether oxygens (including phenoxy) is 1. The molecule has 0 radical (unpaired) electrons. The summed E-state index contributed by atoms with van der Waals surface area (Å²) in [7, 11) is 0. The van der Waals surface area contributed by atoms with Crippen molar-refractivity contribution in [1.82, 2.24) is 0 Å². The zero-order chi connectivity index (χ0) is 24.1. The average Bonchev–Trinajstić information content (AvgIpc) is 3.14. The van der Waals surface area contributed by atoms with E-state index >= 15 is 0 Å². The summed E-state index contributed by atoms with van der Waals surface area (Å²) in [5.41, 5.74) is 7.67. The van der Waals surface area contributed by atoms with Crippen LogP contribution in [-0.4, -0.2) is 18.2 Å². The van der Waals surface area contributed by atoms with Gasteiger partial charge in [-0.05, 0) is 84.0 Å². The normalized spacial score (nSPS) is 11.7. The molecule has 4 rings (SSSR count). The van der Waals surface area contributed by atoms with Crippen molar-refractivity contribution in [3.05, 3.63) is 88.5 Å². The van der Waals surface area contributed by atoms with Crippen LogP contribution in [0.3, 0.4) is 0 Å². The molecule has 0 aliphatic heterocycles. The molecule has 1 aliphatic rings. The maximum absolute atomic E-state index is 12.0. The number of carbonyl (C=O) groups excluding carboxylic acids is 2. The van der Waals surface area contributed by atoms with Gasteiger partial charge >= 0.3 is 0 Å². The fraction of sp³-hybridized carbons (Fsp3) is 0.290. The van der Waals surface area contributed by atoms with Crippen LogP contribution in [0.1, 0.15) is 90.3 Å². The van der Waals surface area contributed by atoms with Gasteiger partial charge in [0.1, 0.15) is 5.75 Å². The van der Waals surface area contributed by atoms with Crippen molar-refractivity contribution in [2.45, 2.75) is 52.9 Å². The molecule has 0 atom stereocenters. The smallest absolute Gasteiger partial charge is 0.159 e. The van der Waals surface area contributed by atoms with Crippen LogP contribution in [-0.2, 0) is 0 Å². The number of benzene rings is 3. The summed E-state index contributed by atoms with van der Waals surface area (Å²) in [4.78, 5) is 24.1. The van der Waals surface area contributed by atoms with E-state index in [0.717, 1.165) is 52.2 Å². The summed E-state index contributed by atoms with van der Waals surface area (Å²) in [6.07, 6.45) is 8.23. The first-order chi connectivity index (χ1) is 16.5. The lowest BCUT2D eigenvalue weighted by Gasteiger charge is -2.08. The second-order valence-corrected chi connectivity index (χ2v) is 9.02. The lowest BCUT2D eigenvalue weighted by atomic mass is 9.97. The molecule has 0 spiro atoms. The van der Waals surface area contributed by atoms with E-state index in [4.69, 9.17) is 4.74 Å². The predicted molar refractivity (Wildman–Crippen MR) is 140 cm³/mol. The lowest BCUT2D eigenvalue weighted by Crippen LogP contribution is -1.97. The Morgan fingerprint density at radius 2 is 1.26 bits per heavy atom. The lowest BCUT2D eigenvalue weighted by molar-refractivity contribution is 0.100. The molecule has 0 saturated heterocycles. The van der Waals surface area contributed by atoms with Crippen LogP contribution >= 0.6 is 0 Å². The Balaban J connectivity index is 1.62. The van der Waals surface area contributed by atoms with Crippen LogP contribution in [0.5, 0.6) is 5.75 Å². The van der Waals surface area contributed by atoms with Crippen molar-refractivity contribution in [3.63, 3.8) is 0 Å². The van der Waals surface area contributed by atoms with Crippen molar-refractivity contribution in [3.8, 4) is 16.9 Å². The minimum Gasteiger partial charge on any atom is -0.494 e. The fourth-order valence-electron chi connectivity index (χ4n) is 4.47. The minimum atomic E-state index is 0.0405. The number of hydrogen-bond acceptors (Lipinski definition) is 3. The van der Waals surface area contributed by atoms with Crippen molar-refractivity contribution in [2.24, 2.45) is 0 Å². The average molecular weight is 453 g/mol. The number of rotatable bonds is 10. The Bertz CT molecular complexity index is 1170. The van der Waals surface area contributed by atoms with Gasteiger partial charge in [-0.25, -0.2) is 0 Å². The molecular formula is C31H32O3. The standard InChI is InChI=1S/C31H32O3/c1-4-5-6-7-8-17-34-26-13-9-23(10-14-26)18-29-30-19-24(21(2)32)11-15-27(30)28-16-12-25(22(3)33)20-31(28)29/h9-16,18-20H,4-8,17H2,1-3H3. The summed E-state index contributed by atoms with van der Waals surface area (Å²) < 4.78 is 5.91. The summed E-state index contributed by atoms with van der Waals surface area (Å²) in [6.45, 7) is 6.14. The molecule has 0 aromatic heterocycles. The number of Topliss-reactive ketones (excluding diaryl/α,β-unsaturated/α-hetero) is 2. The number of unbranched alkanes of at least 4 members (excludes halogenated alkanes) is 4. The second kappa shape index (κ2) is 10.6. The first-order valence-corrected chi connectivity index (χ1v) is 12.2. The number of hydrogen-bond donors (Lipinski definition) is 0. The Labute approximate surface area is 202 Å². The highest BCUT2D eigenvalue weighted by Crippen LogP contribution is 2.46. The third-order valence-corrected chi connectivity index (χ3v) is 6.43. The zero-order valence-corrected chi connectivity index (χ0v) is 20.3. The maximum Gasteiger partial charge on any atom is 0.159 e. The zero-order valence-electron chi connectivity index (χ0n) is 20.3. The molecule has 3 aromatic carbocycles. The topological polar surface area (TPSA) is 43.4 Å². The van der Waals surface area contributed by atoms with Gasteiger partial charge in [0.25, 0.3) is 0 Å². The third kappa shape index (κ3) is 5.20. The summed E-state index contributed by atoms with van der Waals surface area (Å²) >= 11 is 0. The molecule has 174 valence electrons. The highest BCUT2D eigenvalue weighted by Gasteiger charge is 2.25. The summed E-state index contributed by atoms with van der Waals surface area (Å²) in [5, 5.41) is 0. The first kappa shape index (κ1) is 23.7. The highest BCUT2D eigenvalue weighted by atomic mass is 16.5. The molecule has 0 fully saturated rings. The minimum absolute atomic E-state index is 0.0405. The van der Waals surface area contributed by atoms with Gasteiger partial charge < -0.3 is 4.74 Å². The van der Waals surface area contributed by atoms with Crippen molar-refractivity contribution < 1.29 is 14.3 Å². The molecule has 0 N–H and O–H groups in total. The Morgan fingerprint density at radius 1 is 0.706 bits per heavy atom. The molecule has 34 heavy (non-hydrogen) atoms. The number of ketones is 2. The van der Waals surface area contributed by atoms with Gasteiger partial charge in [0.15, 0.2) is 11.6 Å². The van der Waals surface area contributed by atoms with E-state index < -0.39 is 0 Å². The van der Waals surface area contributed by atoms with E-state index in [1.165, 1.54) is 25.7 Å². The van der Waals surface area contributed by atoms with Gasteiger partial charge in [0, 0.05) is 11.1 Å². The summed E-state index contributed by atoms with van der Waals surface area (Å²) in [6, 6.07) is 19.8. The van der Waals surface area contributed by atoms with Crippen molar-refractivity contribution in [2.75, 3.05) is 6.61 Å². The van der Waals surface area contributed by atoms with Gasteiger partial charge in [0.2, 0.25) is 0 Å². The molecule has 3 aromatic rings. The van der Waals surface area contributed by atoms with Crippen LogP contribution in [0, 0.1) is 0 Å². The van der Waals surface area contributed by atoms with Gasteiger partial charge in [-0.1, -0.05) is 69.0 Å². The van der Waals surface area contributed by atoms with Gasteiger partial charge in [0.05, 0.1) is 6.61 Å². The molecule has 0 bridgehead atoms. The van der Waals surface area contributed by atoms with Gasteiger partial charge in [-0.2, -0.15) is 0 Å². The van der Waals surface area contributed by atoms with E-state index in [1.807, 2.05) is 48.5 Å². The number of carbonyl (C=O) groups is 2. The second-order valence-electron chi connectivity index (χ2n) is 9.02. The molecule has 0 amide bonds. The van der Waals surface area contributed by atoms with E-state index in [2.05, 4.69) is 25.1 Å². The molecule has 1 aliphatic carbocycles. The highest BCUT2D eigenvalue weighted by molar-refractivity contribution is 6.09. The van der Waals surface area contributed by atoms with Gasteiger partial charge in [-0.3, -0.25) is 9.59 Å². The van der Waals surface area contributed by atoms with Crippen LogP contribution in [0.2, 0.25) is 0 Å². The predicted octanol–water partition coefficient (Wildman–Crippen LogP) is 8.01. The van der Waals surface area contributed by atoms with E-state index in [1.54, 1.807) is 13.8 Å². The molecule has 3 heteroatoms.